The van der Waals surface area contributed by atoms with E-state index in [1.54, 1.807) is 27.7 Å². The molecule has 0 aromatic heterocycles. The Morgan fingerprint density at radius 2 is 1.75 bits per heavy atom. The maximum Gasteiger partial charge on any atom is 0.311 e. The number of aliphatic hydroxyl groups is 4. The van der Waals surface area contributed by atoms with Gasteiger partial charge in [0.05, 0.1) is 42.5 Å². The van der Waals surface area contributed by atoms with Crippen LogP contribution >= 0.6 is 0 Å². The van der Waals surface area contributed by atoms with E-state index in [1.165, 1.54) is 0 Å². The zero-order valence-corrected chi connectivity index (χ0v) is 28.6. The molecule has 11 heteroatoms. The van der Waals surface area contributed by atoms with Crippen LogP contribution in [0.25, 0.3) is 0 Å². The molecule has 3 rings (SSSR count). The van der Waals surface area contributed by atoms with Gasteiger partial charge in [0.25, 0.3) is 0 Å². The number of hydrogen-bond acceptors (Lipinski definition) is 11. The van der Waals surface area contributed by atoms with E-state index in [0.717, 1.165) is 0 Å². The topological polar surface area (TPSA) is 141 Å². The molecule has 11 nitrogen and oxygen atoms in total. The van der Waals surface area contributed by atoms with E-state index in [9.17, 15) is 25.2 Å². The fourth-order valence-electron chi connectivity index (χ4n) is 7.78. The number of rotatable bonds is 5. The Morgan fingerprint density at radius 1 is 1.11 bits per heavy atom. The lowest BCUT2D eigenvalue weighted by Crippen LogP contribution is -2.65. The number of aliphatic hydroxyl groups excluding tert-OH is 2. The summed E-state index contributed by atoms with van der Waals surface area (Å²) in [4.78, 5) is 17.7. The zero-order valence-electron chi connectivity index (χ0n) is 28.6. The molecule has 0 spiro atoms. The predicted molar refractivity (Wildman–Crippen MR) is 167 cm³/mol. The minimum Gasteiger partial charge on any atom is -0.459 e. The highest BCUT2D eigenvalue weighted by molar-refractivity contribution is 5.73. The molecular weight excluding hydrogens is 568 g/mol. The van der Waals surface area contributed by atoms with E-state index >= 15 is 0 Å². The third-order valence-corrected chi connectivity index (χ3v) is 10.3. The Morgan fingerprint density at radius 3 is 2.32 bits per heavy atom. The number of esters is 1. The van der Waals surface area contributed by atoms with Gasteiger partial charge < -0.3 is 44.3 Å². The van der Waals surface area contributed by atoms with Gasteiger partial charge in [-0.1, -0.05) is 26.8 Å². The molecule has 256 valence electrons. The van der Waals surface area contributed by atoms with Gasteiger partial charge in [-0.3, -0.25) is 9.69 Å². The van der Waals surface area contributed by atoms with Crippen molar-refractivity contribution in [2.75, 3.05) is 27.2 Å². The van der Waals surface area contributed by atoms with Crippen LogP contribution in [0.4, 0.5) is 0 Å². The van der Waals surface area contributed by atoms with Crippen molar-refractivity contribution in [1.29, 1.82) is 0 Å². The van der Waals surface area contributed by atoms with Crippen LogP contribution in [0.3, 0.4) is 0 Å². The van der Waals surface area contributed by atoms with Gasteiger partial charge in [0.15, 0.2) is 6.29 Å². The molecular formula is C33H60N2O9. The molecule has 0 saturated carbocycles. The number of carbonyl (C=O) groups is 1. The SMILES string of the molecule is C=CC1CO[C@H]2[C@@H](C)N1C[C@H](C)C[C@@](C)(O)[C@H](O[C@H]1O[C@H](C)C[C@H](N(C)C)[C@H]1O)[C@@H](C)[C@H](O)[C@@H](C)C(=O)O[C@H](CC)[C@@]2(C)O. The third-order valence-electron chi connectivity index (χ3n) is 10.3. The van der Waals surface area contributed by atoms with Crippen LogP contribution < -0.4 is 0 Å². The van der Waals surface area contributed by atoms with Crippen LogP contribution in [0.1, 0.15) is 74.7 Å². The molecule has 16 atom stereocenters. The molecule has 0 aromatic rings. The van der Waals surface area contributed by atoms with Gasteiger partial charge in [-0.2, -0.15) is 0 Å². The summed E-state index contributed by atoms with van der Waals surface area (Å²) in [7, 11) is 3.78. The molecule has 0 aliphatic carbocycles. The molecule has 3 fully saturated rings. The summed E-state index contributed by atoms with van der Waals surface area (Å²) in [5, 5.41) is 46.8. The number of morpholine rings is 1. The van der Waals surface area contributed by atoms with Gasteiger partial charge in [-0.25, -0.2) is 0 Å². The number of carbonyl (C=O) groups excluding carboxylic acids is 1. The first kappa shape index (κ1) is 37.3. The summed E-state index contributed by atoms with van der Waals surface area (Å²) < 4.78 is 24.7. The number of fused-ring (bicyclic) bond motifs is 2. The van der Waals surface area contributed by atoms with Crippen molar-refractivity contribution >= 4 is 5.97 Å². The molecule has 0 aromatic carbocycles. The second-order valence-corrected chi connectivity index (χ2v) is 14.5. The lowest BCUT2D eigenvalue weighted by Gasteiger charge is -2.50. The molecule has 2 unspecified atom stereocenters. The van der Waals surface area contributed by atoms with Crippen LogP contribution in [-0.4, -0.2) is 136 Å². The molecule has 3 heterocycles. The van der Waals surface area contributed by atoms with Crippen LogP contribution in [0.5, 0.6) is 0 Å². The lowest BCUT2D eigenvalue weighted by atomic mass is 9.78. The van der Waals surface area contributed by atoms with Gasteiger partial charge in [-0.15, -0.1) is 6.58 Å². The quantitative estimate of drug-likeness (QED) is 0.262. The van der Waals surface area contributed by atoms with Crippen molar-refractivity contribution < 1.29 is 44.2 Å². The van der Waals surface area contributed by atoms with Crippen molar-refractivity contribution in [3.63, 3.8) is 0 Å². The van der Waals surface area contributed by atoms with E-state index < -0.39 is 65.8 Å². The fraction of sp³-hybridized carbons (Fsp3) is 0.909. The van der Waals surface area contributed by atoms with Crippen LogP contribution in [0.15, 0.2) is 12.7 Å². The van der Waals surface area contributed by atoms with Crippen molar-refractivity contribution in [1.82, 2.24) is 9.80 Å². The largest absolute Gasteiger partial charge is 0.459 e. The van der Waals surface area contributed by atoms with Gasteiger partial charge in [0.2, 0.25) is 0 Å². The minimum atomic E-state index is -1.51. The number of cyclic esters (lactones) is 1. The number of hydrogen-bond donors (Lipinski definition) is 4. The van der Waals surface area contributed by atoms with Gasteiger partial charge in [-0.05, 0) is 73.9 Å². The third kappa shape index (κ3) is 7.86. The van der Waals surface area contributed by atoms with E-state index in [2.05, 4.69) is 11.5 Å². The average Bonchev–Trinajstić information content (AvgIpc) is 2.94. The molecule has 3 aliphatic rings. The summed E-state index contributed by atoms with van der Waals surface area (Å²) in [6.45, 7) is 19.3. The monoisotopic (exact) mass is 628 g/mol. The predicted octanol–water partition coefficient (Wildman–Crippen LogP) is 1.94. The minimum absolute atomic E-state index is 0.0675. The van der Waals surface area contributed by atoms with E-state index in [4.69, 9.17) is 18.9 Å². The fourth-order valence-corrected chi connectivity index (χ4v) is 7.78. The Labute approximate surface area is 264 Å². The van der Waals surface area contributed by atoms with Crippen molar-refractivity contribution in [3.8, 4) is 0 Å². The molecule has 0 amide bonds. The van der Waals surface area contributed by atoms with E-state index in [1.807, 2.05) is 52.8 Å². The summed E-state index contributed by atoms with van der Waals surface area (Å²) in [6, 6.07) is -0.614. The van der Waals surface area contributed by atoms with Gasteiger partial charge in [0, 0.05) is 24.5 Å². The molecule has 4 N–H and O–H groups in total. The number of likely N-dealkylation sites (N-methyl/N-ethyl adjacent to an activating group) is 1. The smallest absolute Gasteiger partial charge is 0.311 e. The summed E-state index contributed by atoms with van der Waals surface area (Å²) in [5.74, 6) is -2.50. The van der Waals surface area contributed by atoms with Crippen LogP contribution in [-0.2, 0) is 23.7 Å². The lowest BCUT2D eigenvalue weighted by molar-refractivity contribution is -0.299. The standard InChI is InChI=1S/C33H60N2O9/c1-12-23-17-41-29-22(7)35(23)16-18(3)15-32(8,39)28(44-31-27(37)24(34(10)11)14-19(4)42-31)20(5)26(36)21(6)30(38)43-25(13-2)33(29,9)40/h12,18-29,31,36-37,39-40H,1,13-17H2,2-11H3/t18-,19-,20+,21-,22-,23?,24+,25-,26+,27-,28-,29+,31-,32-,33-/m1/s1. The maximum atomic E-state index is 13.5. The summed E-state index contributed by atoms with van der Waals surface area (Å²) >= 11 is 0. The second-order valence-electron chi connectivity index (χ2n) is 14.5. The Bertz CT molecular complexity index is 962. The first-order valence-electron chi connectivity index (χ1n) is 16.4. The highest BCUT2D eigenvalue weighted by Crippen LogP contribution is 2.38. The number of ether oxygens (including phenoxy) is 4. The first-order valence-corrected chi connectivity index (χ1v) is 16.4. The Balaban J connectivity index is 2.05. The molecule has 3 saturated heterocycles. The van der Waals surface area contributed by atoms with Crippen LogP contribution in [0.2, 0.25) is 0 Å². The molecule has 2 bridgehead atoms. The molecule has 0 radical (unpaired) electrons. The average molecular weight is 629 g/mol. The van der Waals surface area contributed by atoms with Gasteiger partial charge in [0.1, 0.15) is 23.9 Å². The summed E-state index contributed by atoms with van der Waals surface area (Å²) in [5.41, 5.74) is -3.00. The molecule has 3 aliphatic heterocycles. The highest BCUT2D eigenvalue weighted by atomic mass is 16.7. The first-order chi connectivity index (χ1) is 20.4. The normalized spacial score (nSPS) is 49.9. The van der Waals surface area contributed by atoms with Gasteiger partial charge >= 0.3 is 5.97 Å². The maximum absolute atomic E-state index is 13.5. The second kappa shape index (κ2) is 14.7. The van der Waals surface area contributed by atoms with E-state index in [0.29, 0.717) is 26.0 Å². The zero-order chi connectivity index (χ0) is 33.3. The number of nitrogens with zero attached hydrogens (tertiary/aromatic N) is 2. The van der Waals surface area contributed by atoms with Crippen molar-refractivity contribution in [3.05, 3.63) is 12.7 Å². The van der Waals surface area contributed by atoms with E-state index in [-0.39, 0.29) is 36.6 Å². The van der Waals surface area contributed by atoms with Crippen molar-refractivity contribution in [2.45, 2.75) is 147 Å². The Hall–Kier alpha value is -1.15. The Kier molecular flexibility index (Phi) is 12.5. The summed E-state index contributed by atoms with van der Waals surface area (Å²) in [6.07, 6.45) is -3.02. The highest BCUT2D eigenvalue weighted by Gasteiger charge is 2.52. The molecule has 44 heavy (non-hydrogen) atoms. The van der Waals surface area contributed by atoms with Crippen LogP contribution in [0, 0.1) is 17.8 Å². The van der Waals surface area contributed by atoms with Crippen molar-refractivity contribution in [2.24, 2.45) is 17.8 Å².